The highest BCUT2D eigenvalue weighted by Gasteiger charge is 2.29. The van der Waals surface area contributed by atoms with Gasteiger partial charge in [0.05, 0.1) is 22.4 Å². The van der Waals surface area contributed by atoms with E-state index in [0.29, 0.717) is 39.1 Å². The largest absolute Gasteiger partial charge is 0.486 e. The molecular weight excluding hydrogens is 292 g/mol. The van der Waals surface area contributed by atoms with Crippen LogP contribution >= 0.6 is 11.6 Å². The molecule has 0 saturated heterocycles. The third-order valence-corrected chi connectivity index (χ3v) is 4.07. The predicted molar refractivity (Wildman–Crippen MR) is 80.2 cm³/mol. The maximum atomic E-state index is 12.6. The van der Waals surface area contributed by atoms with Gasteiger partial charge in [0.15, 0.2) is 0 Å². The molecule has 106 valence electrons. The van der Waals surface area contributed by atoms with Gasteiger partial charge in [-0.05, 0) is 18.2 Å². The Hall–Kier alpha value is -2.04. The van der Waals surface area contributed by atoms with Crippen molar-refractivity contribution in [3.8, 4) is 5.75 Å². The molecule has 2 aromatic carbocycles. The van der Waals surface area contributed by atoms with Crippen LogP contribution in [0.4, 0.5) is 0 Å². The van der Waals surface area contributed by atoms with Crippen molar-refractivity contribution in [2.45, 2.75) is 12.5 Å². The van der Waals surface area contributed by atoms with E-state index >= 15 is 0 Å². The summed E-state index contributed by atoms with van der Waals surface area (Å²) in [4.78, 5) is 12.6. The van der Waals surface area contributed by atoms with Crippen molar-refractivity contribution < 1.29 is 14.3 Å². The van der Waals surface area contributed by atoms with Crippen LogP contribution in [-0.2, 0) is 6.42 Å². The van der Waals surface area contributed by atoms with E-state index in [1.807, 2.05) is 6.07 Å². The third-order valence-electron chi connectivity index (χ3n) is 3.79. The molecule has 0 amide bonds. The zero-order valence-electron chi connectivity index (χ0n) is 10.9. The van der Waals surface area contributed by atoms with E-state index in [9.17, 15) is 9.90 Å². The first-order valence-electron chi connectivity index (χ1n) is 6.63. The Morgan fingerprint density at radius 3 is 2.90 bits per heavy atom. The molecule has 0 aliphatic carbocycles. The first-order chi connectivity index (χ1) is 10.2. The average molecular weight is 303 g/mol. The number of aliphatic hydroxyl groups is 1. The molecule has 21 heavy (non-hydrogen) atoms. The molecule has 0 spiro atoms. The van der Waals surface area contributed by atoms with E-state index in [-0.39, 0.29) is 18.1 Å². The molecule has 4 nitrogen and oxygen atoms in total. The summed E-state index contributed by atoms with van der Waals surface area (Å²) in [5.41, 5.74) is 1.67. The van der Waals surface area contributed by atoms with Gasteiger partial charge in [-0.1, -0.05) is 23.7 Å². The number of aliphatic hydroxyl groups excluding tert-OH is 1. The van der Waals surface area contributed by atoms with Crippen molar-refractivity contribution in [2.24, 2.45) is 0 Å². The van der Waals surface area contributed by atoms with E-state index in [1.165, 1.54) is 0 Å². The summed E-state index contributed by atoms with van der Waals surface area (Å²) >= 11 is 6.21. The number of halogens is 1. The van der Waals surface area contributed by atoms with Gasteiger partial charge < -0.3 is 14.3 Å². The summed E-state index contributed by atoms with van der Waals surface area (Å²) < 4.78 is 11.5. The van der Waals surface area contributed by atoms with Gasteiger partial charge in [-0.2, -0.15) is 0 Å². The van der Waals surface area contributed by atoms with Crippen molar-refractivity contribution in [3.63, 3.8) is 0 Å². The monoisotopic (exact) mass is 302 g/mol. The lowest BCUT2D eigenvalue weighted by Crippen LogP contribution is -2.17. The first-order valence-corrected chi connectivity index (χ1v) is 7.01. The fourth-order valence-corrected chi connectivity index (χ4v) is 3.07. The number of ether oxygens (including phenoxy) is 1. The second-order valence-electron chi connectivity index (χ2n) is 5.10. The Bertz CT molecular complexity index is 929. The molecule has 4 rings (SSSR count). The van der Waals surface area contributed by atoms with Crippen LogP contribution in [0.2, 0.25) is 5.02 Å². The van der Waals surface area contributed by atoms with E-state index < -0.39 is 0 Å². The lowest BCUT2D eigenvalue weighted by Gasteiger charge is -2.07. The molecule has 1 N–H and O–H groups in total. The molecule has 1 atom stereocenters. The number of benzene rings is 2. The quantitative estimate of drug-likeness (QED) is 0.702. The Morgan fingerprint density at radius 1 is 1.29 bits per heavy atom. The number of para-hydroxylation sites is 1. The molecule has 5 heteroatoms. The first kappa shape index (κ1) is 12.7. The van der Waals surface area contributed by atoms with Crippen molar-refractivity contribution in [3.05, 3.63) is 51.1 Å². The lowest BCUT2D eigenvalue weighted by atomic mass is 10.0. The topological polar surface area (TPSA) is 59.7 Å². The lowest BCUT2D eigenvalue weighted by molar-refractivity contribution is 0.134. The number of fused-ring (bicyclic) bond motifs is 4. The van der Waals surface area contributed by atoms with Crippen molar-refractivity contribution >= 4 is 33.5 Å². The maximum Gasteiger partial charge on any atom is 0.200 e. The number of hydrogen-bond donors (Lipinski definition) is 1. The minimum Gasteiger partial charge on any atom is -0.486 e. The molecule has 1 aromatic heterocycles. The van der Waals surface area contributed by atoms with Crippen LogP contribution in [0.1, 0.15) is 5.56 Å². The highest BCUT2D eigenvalue weighted by Crippen LogP contribution is 2.41. The van der Waals surface area contributed by atoms with Gasteiger partial charge in [-0.15, -0.1) is 0 Å². The number of hydrogen-bond acceptors (Lipinski definition) is 4. The second-order valence-corrected chi connectivity index (χ2v) is 5.50. The zero-order valence-corrected chi connectivity index (χ0v) is 11.7. The van der Waals surface area contributed by atoms with Crippen molar-refractivity contribution in [2.75, 3.05) is 6.61 Å². The third kappa shape index (κ3) is 1.76. The SMILES string of the molecule is O=c1c2ccccc2oc2c3c(c(Cl)cc12)OC(CO)C3. The van der Waals surface area contributed by atoms with Gasteiger partial charge >= 0.3 is 0 Å². The predicted octanol–water partition coefficient (Wildman–Crippen LogP) is 2.90. The van der Waals surface area contributed by atoms with E-state index in [4.69, 9.17) is 20.8 Å². The fraction of sp³-hybridized carbons (Fsp3) is 0.188. The van der Waals surface area contributed by atoms with Crippen molar-refractivity contribution in [1.82, 2.24) is 0 Å². The zero-order chi connectivity index (χ0) is 14.6. The molecular formula is C16H11ClO4. The summed E-state index contributed by atoms with van der Waals surface area (Å²) in [5.74, 6) is 0.502. The standard InChI is InChI=1S/C16H11ClO4/c17-12-6-10-14(19)9-3-1-2-4-13(9)21-15(10)11-5-8(7-18)20-16(11)12/h1-4,6,8,18H,5,7H2. The van der Waals surface area contributed by atoms with Crippen LogP contribution in [0.15, 0.2) is 39.5 Å². The minimum absolute atomic E-state index is 0.107. The molecule has 2 heterocycles. The molecule has 1 unspecified atom stereocenters. The Labute approximate surface area is 124 Å². The van der Waals surface area contributed by atoms with Gasteiger partial charge in [0.1, 0.15) is 23.0 Å². The van der Waals surface area contributed by atoms with E-state index in [1.54, 1.807) is 24.3 Å². The Morgan fingerprint density at radius 2 is 2.10 bits per heavy atom. The summed E-state index contributed by atoms with van der Waals surface area (Å²) in [5, 5.41) is 10.6. The summed E-state index contributed by atoms with van der Waals surface area (Å²) in [6.45, 7) is -0.107. The van der Waals surface area contributed by atoms with Crippen LogP contribution in [0.5, 0.6) is 5.75 Å². The fourth-order valence-electron chi connectivity index (χ4n) is 2.80. The smallest absolute Gasteiger partial charge is 0.200 e. The van der Waals surface area contributed by atoms with E-state index in [0.717, 1.165) is 5.56 Å². The highest BCUT2D eigenvalue weighted by molar-refractivity contribution is 6.33. The molecule has 3 aromatic rings. The van der Waals surface area contributed by atoms with Gasteiger partial charge in [-0.25, -0.2) is 0 Å². The Kier molecular flexibility index (Phi) is 2.71. The van der Waals surface area contributed by atoms with Crippen LogP contribution < -0.4 is 10.2 Å². The van der Waals surface area contributed by atoms with Gasteiger partial charge in [0, 0.05) is 12.0 Å². The van der Waals surface area contributed by atoms with Crippen LogP contribution in [0, 0.1) is 0 Å². The summed E-state index contributed by atoms with van der Waals surface area (Å²) in [6.07, 6.45) is 0.129. The van der Waals surface area contributed by atoms with Gasteiger partial charge in [-0.3, -0.25) is 4.79 Å². The Balaban J connectivity index is 2.14. The normalized spacial score (nSPS) is 17.1. The molecule has 0 bridgehead atoms. The average Bonchev–Trinajstić information content (AvgIpc) is 2.94. The summed E-state index contributed by atoms with van der Waals surface area (Å²) in [7, 11) is 0. The molecule has 1 aliphatic heterocycles. The van der Waals surface area contributed by atoms with Crippen molar-refractivity contribution in [1.29, 1.82) is 0 Å². The summed E-state index contributed by atoms with van der Waals surface area (Å²) in [6, 6.07) is 8.68. The minimum atomic E-state index is -0.347. The molecule has 0 saturated carbocycles. The molecule has 0 fully saturated rings. The van der Waals surface area contributed by atoms with Gasteiger partial charge in [0.25, 0.3) is 0 Å². The van der Waals surface area contributed by atoms with E-state index in [2.05, 4.69) is 0 Å². The molecule has 1 aliphatic rings. The second kappa shape index (κ2) is 4.48. The molecule has 0 radical (unpaired) electrons. The number of rotatable bonds is 1. The van der Waals surface area contributed by atoms with Crippen LogP contribution in [-0.4, -0.2) is 17.8 Å². The van der Waals surface area contributed by atoms with Gasteiger partial charge in [0.2, 0.25) is 5.43 Å². The van der Waals surface area contributed by atoms with Crippen LogP contribution in [0.25, 0.3) is 21.9 Å². The highest BCUT2D eigenvalue weighted by atomic mass is 35.5. The maximum absolute atomic E-state index is 12.6. The van der Waals surface area contributed by atoms with Crippen LogP contribution in [0.3, 0.4) is 0 Å².